The maximum Gasteiger partial charge on any atom is 0.297 e. The van der Waals surface area contributed by atoms with E-state index in [-0.39, 0.29) is 22.6 Å². The molecule has 44 heavy (non-hydrogen) atoms. The predicted molar refractivity (Wildman–Crippen MR) is 164 cm³/mol. The van der Waals surface area contributed by atoms with Crippen LogP contribution >= 0.6 is 0 Å². The molecule has 2 aromatic carbocycles. The fourth-order valence-electron chi connectivity index (χ4n) is 4.92. The molecule has 220 valence electrons. The van der Waals surface area contributed by atoms with Crippen molar-refractivity contribution in [2.24, 2.45) is 12.2 Å². The first kappa shape index (κ1) is 28.3. The van der Waals surface area contributed by atoms with Gasteiger partial charge in [-0.3, -0.25) is 23.6 Å². The summed E-state index contributed by atoms with van der Waals surface area (Å²) in [5, 5.41) is 17.4. The van der Waals surface area contributed by atoms with E-state index in [1.54, 1.807) is 55.3 Å². The Morgan fingerprint density at radius 1 is 1.07 bits per heavy atom. The first-order valence-corrected chi connectivity index (χ1v) is 14.8. The lowest BCUT2D eigenvalue weighted by molar-refractivity contribution is 0.0941. The summed E-state index contributed by atoms with van der Waals surface area (Å²) in [7, 11) is -2.46. The number of para-hydroxylation sites is 1. The van der Waals surface area contributed by atoms with Crippen LogP contribution in [-0.4, -0.2) is 43.3 Å². The van der Waals surface area contributed by atoms with Crippen molar-refractivity contribution in [2.75, 3.05) is 4.72 Å². The maximum atomic E-state index is 14.2. The summed E-state index contributed by atoms with van der Waals surface area (Å²) in [6.45, 7) is 1.72. The van der Waals surface area contributed by atoms with Gasteiger partial charge in [0.05, 0.1) is 23.2 Å². The number of aryl methyl sites for hydroxylation is 1. The van der Waals surface area contributed by atoms with Crippen LogP contribution in [0.3, 0.4) is 0 Å². The smallest absolute Gasteiger partial charge is 0.297 e. The lowest BCUT2D eigenvalue weighted by atomic mass is 10.0. The minimum atomic E-state index is -4.25. The number of nitrogens with zero attached hydrogens (tertiary/aromatic N) is 6. The van der Waals surface area contributed by atoms with Crippen molar-refractivity contribution in [1.82, 2.24) is 34.3 Å². The standard InChI is InChI=1S/C30H25N9O4S/c1-19(34-29(40)26-27(36-44(31,42)43)35-38-15-7-14-32-28(26)38)24-16-22-9-6-8-21(13-12-20-17-33-37(2)18-20)25(22)30(41)39(24)23-10-4-3-5-11-23/h3-11,14-19H,1-2H3,(H,34,40)(H,35,36)(H2,31,42,43). The summed E-state index contributed by atoms with van der Waals surface area (Å²) in [6, 6.07) is 17.1. The normalized spacial score (nSPS) is 12.1. The van der Waals surface area contributed by atoms with Gasteiger partial charge < -0.3 is 5.32 Å². The fraction of sp³-hybridized carbons (Fsp3) is 0.100. The number of hydrogen-bond donors (Lipinski definition) is 3. The highest BCUT2D eigenvalue weighted by Crippen LogP contribution is 2.25. The van der Waals surface area contributed by atoms with Gasteiger partial charge in [0, 0.05) is 42.6 Å². The highest BCUT2D eigenvalue weighted by Gasteiger charge is 2.26. The van der Waals surface area contributed by atoms with Crippen molar-refractivity contribution in [1.29, 1.82) is 0 Å². The number of fused-ring (bicyclic) bond motifs is 2. The molecule has 13 nitrogen and oxygen atoms in total. The number of rotatable bonds is 6. The van der Waals surface area contributed by atoms with Gasteiger partial charge in [0.15, 0.2) is 11.5 Å². The molecule has 0 bridgehead atoms. The van der Waals surface area contributed by atoms with E-state index in [1.165, 1.54) is 21.5 Å². The molecule has 6 aromatic rings. The molecule has 0 saturated carbocycles. The molecule has 4 heterocycles. The second kappa shape index (κ2) is 11.1. The van der Waals surface area contributed by atoms with Crippen LogP contribution in [0.2, 0.25) is 0 Å². The number of benzene rings is 2. The molecule has 1 atom stereocenters. The second-order valence-corrected chi connectivity index (χ2v) is 11.2. The third-order valence-electron chi connectivity index (χ3n) is 6.79. The van der Waals surface area contributed by atoms with Crippen molar-refractivity contribution in [3.8, 4) is 17.5 Å². The average Bonchev–Trinajstić information content (AvgIpc) is 3.57. The van der Waals surface area contributed by atoms with Crippen LogP contribution in [0.1, 0.15) is 40.1 Å². The molecule has 1 unspecified atom stereocenters. The van der Waals surface area contributed by atoms with Crippen LogP contribution in [0.5, 0.6) is 0 Å². The second-order valence-electron chi connectivity index (χ2n) is 9.92. The lowest BCUT2D eigenvalue weighted by Gasteiger charge is -2.21. The average molecular weight is 608 g/mol. The van der Waals surface area contributed by atoms with Gasteiger partial charge >= 0.3 is 0 Å². The minimum absolute atomic E-state index is 0.110. The molecular weight excluding hydrogens is 582 g/mol. The first-order valence-electron chi connectivity index (χ1n) is 13.3. The van der Waals surface area contributed by atoms with E-state index < -0.39 is 22.2 Å². The van der Waals surface area contributed by atoms with E-state index >= 15 is 0 Å². The number of aromatic nitrogens is 6. The zero-order chi connectivity index (χ0) is 31.0. The predicted octanol–water partition coefficient (Wildman–Crippen LogP) is 2.27. The van der Waals surface area contributed by atoms with Gasteiger partial charge in [0.2, 0.25) is 0 Å². The topological polar surface area (TPSA) is 171 Å². The Bertz CT molecular complexity index is 2300. The van der Waals surface area contributed by atoms with Gasteiger partial charge in [-0.25, -0.2) is 14.6 Å². The number of anilines is 1. The van der Waals surface area contributed by atoms with Crippen LogP contribution in [-0.2, 0) is 17.3 Å². The number of carbonyl (C=O) groups excluding carboxylic acids is 1. The Balaban J connectivity index is 1.47. The summed E-state index contributed by atoms with van der Waals surface area (Å²) >= 11 is 0. The van der Waals surface area contributed by atoms with E-state index in [2.05, 4.69) is 37.1 Å². The largest absolute Gasteiger partial charge is 0.344 e. The van der Waals surface area contributed by atoms with Crippen LogP contribution in [0, 0.1) is 11.8 Å². The highest BCUT2D eigenvalue weighted by molar-refractivity contribution is 7.90. The summed E-state index contributed by atoms with van der Waals surface area (Å²) in [5.41, 5.74) is 1.97. The molecule has 0 fully saturated rings. The Morgan fingerprint density at radius 2 is 1.86 bits per heavy atom. The number of pyridine rings is 1. The minimum Gasteiger partial charge on any atom is -0.344 e. The number of hydrogen-bond acceptors (Lipinski definition) is 7. The van der Waals surface area contributed by atoms with Crippen LogP contribution in [0.4, 0.5) is 5.82 Å². The number of carbonyl (C=O) groups is 1. The van der Waals surface area contributed by atoms with Gasteiger partial charge in [-0.15, -0.1) is 5.10 Å². The molecule has 0 spiro atoms. The molecule has 0 radical (unpaired) electrons. The van der Waals surface area contributed by atoms with Crippen molar-refractivity contribution >= 4 is 38.4 Å². The first-order chi connectivity index (χ1) is 21.1. The summed E-state index contributed by atoms with van der Waals surface area (Å²) < 4.78 is 30.2. The molecule has 0 aliphatic rings. The fourth-order valence-corrected chi connectivity index (χ4v) is 5.33. The molecule has 6 rings (SSSR count). The van der Waals surface area contributed by atoms with Crippen LogP contribution < -0.4 is 20.7 Å². The van der Waals surface area contributed by atoms with Crippen molar-refractivity contribution in [3.05, 3.63) is 118 Å². The molecule has 14 heteroatoms. The number of amides is 1. The molecular formula is C30H25N9O4S. The molecule has 0 aliphatic heterocycles. The van der Waals surface area contributed by atoms with E-state index in [1.807, 2.05) is 36.4 Å². The van der Waals surface area contributed by atoms with Crippen molar-refractivity contribution in [2.45, 2.75) is 13.0 Å². The molecule has 4 N–H and O–H groups in total. The van der Waals surface area contributed by atoms with Gasteiger partial charge in [-0.1, -0.05) is 42.2 Å². The summed E-state index contributed by atoms with van der Waals surface area (Å²) in [5.74, 6) is 5.21. The van der Waals surface area contributed by atoms with Crippen LogP contribution in [0.25, 0.3) is 22.1 Å². The quantitative estimate of drug-likeness (QED) is 0.244. The van der Waals surface area contributed by atoms with Crippen LogP contribution in [0.15, 0.2) is 90.2 Å². The van der Waals surface area contributed by atoms with E-state index in [4.69, 9.17) is 5.14 Å². The Hall–Kier alpha value is -5.78. The Morgan fingerprint density at radius 3 is 2.59 bits per heavy atom. The summed E-state index contributed by atoms with van der Waals surface area (Å²) in [4.78, 5) is 32.1. The molecule has 0 saturated heterocycles. The third kappa shape index (κ3) is 5.52. The van der Waals surface area contributed by atoms with E-state index in [0.29, 0.717) is 33.3 Å². The molecule has 0 aliphatic carbocycles. The zero-order valence-electron chi connectivity index (χ0n) is 23.5. The monoisotopic (exact) mass is 607 g/mol. The molecule has 4 aromatic heterocycles. The number of nitrogens with one attached hydrogen (secondary N) is 2. The van der Waals surface area contributed by atoms with E-state index in [0.717, 1.165) is 0 Å². The van der Waals surface area contributed by atoms with Gasteiger partial charge in [0.25, 0.3) is 21.7 Å². The Labute approximate surface area is 251 Å². The van der Waals surface area contributed by atoms with Gasteiger partial charge in [-0.05, 0) is 42.6 Å². The highest BCUT2D eigenvalue weighted by atomic mass is 32.2. The van der Waals surface area contributed by atoms with Gasteiger partial charge in [0.1, 0.15) is 5.56 Å². The maximum absolute atomic E-state index is 14.2. The lowest BCUT2D eigenvalue weighted by Crippen LogP contribution is -2.33. The zero-order valence-corrected chi connectivity index (χ0v) is 24.3. The van der Waals surface area contributed by atoms with Crippen molar-refractivity contribution < 1.29 is 13.2 Å². The molecule has 1 amide bonds. The Kier molecular flexibility index (Phi) is 7.17. The van der Waals surface area contributed by atoms with E-state index in [9.17, 15) is 18.0 Å². The summed E-state index contributed by atoms with van der Waals surface area (Å²) in [6.07, 6.45) is 6.39. The van der Waals surface area contributed by atoms with Crippen molar-refractivity contribution in [3.63, 3.8) is 0 Å². The van der Waals surface area contributed by atoms with Gasteiger partial charge in [-0.2, -0.15) is 13.5 Å². The SMILES string of the molecule is CC(NC(=O)c1c(NS(N)(=O)=O)nn2cccnc12)c1cc2cccc(C#Cc3cnn(C)c3)c2c(=O)n1-c1ccccc1. The third-order valence-corrected chi connectivity index (χ3v) is 7.27. The number of nitrogens with two attached hydrogens (primary N) is 1.